The zero-order valence-corrected chi connectivity index (χ0v) is 26.7. The molecule has 0 bridgehead atoms. The van der Waals surface area contributed by atoms with Gasteiger partial charge in [0.05, 0.1) is 34.2 Å². The number of H-pyrrole nitrogens is 1. The Morgan fingerprint density at radius 2 is 1.45 bits per heavy atom. The van der Waals surface area contributed by atoms with E-state index in [0.29, 0.717) is 16.5 Å². The number of carbonyl (C=O) groups excluding carboxylic acids is 2. The molecule has 0 radical (unpaired) electrons. The maximum atomic E-state index is 15.0. The highest BCUT2D eigenvalue weighted by atomic mass is 19.1. The highest BCUT2D eigenvalue weighted by molar-refractivity contribution is 6.39. The van der Waals surface area contributed by atoms with E-state index < -0.39 is 60.8 Å². The van der Waals surface area contributed by atoms with Gasteiger partial charge in [-0.15, -0.1) is 0 Å². The van der Waals surface area contributed by atoms with Crippen molar-refractivity contribution in [2.24, 2.45) is 0 Å². The summed E-state index contributed by atoms with van der Waals surface area (Å²) in [7, 11) is 0. The Balaban J connectivity index is 1.44. The first kappa shape index (κ1) is 31.5. The Kier molecular flexibility index (Phi) is 7.00. The Labute approximate surface area is 277 Å². The van der Waals surface area contributed by atoms with Crippen LogP contribution in [0.1, 0.15) is 58.8 Å². The van der Waals surface area contributed by atoms with Gasteiger partial charge in [0.2, 0.25) is 0 Å². The van der Waals surface area contributed by atoms with E-state index in [0.717, 1.165) is 16.5 Å². The average molecular weight is 672 g/mol. The van der Waals surface area contributed by atoms with Gasteiger partial charge in [-0.3, -0.25) is 14.5 Å². The smallest absolute Gasteiger partial charge is 0.262 e. The normalized spacial score (nSPS) is 23.1. The summed E-state index contributed by atoms with van der Waals surface area (Å²) in [5, 5.41) is 33.3. The van der Waals surface area contributed by atoms with Crippen LogP contribution in [0.2, 0.25) is 0 Å². The van der Waals surface area contributed by atoms with Crippen LogP contribution in [0.15, 0.2) is 60.7 Å². The molecule has 1 fully saturated rings. The summed E-state index contributed by atoms with van der Waals surface area (Å²) in [5.74, 6) is -2.54. The fraction of sp³-hybridized carbons (Fsp3) is 0.297. The quantitative estimate of drug-likeness (QED) is 0.177. The standard InChI is InChI=1S/C37H32F3N3O6/c1-37(2,3)17-6-4-16(5-7-17)15-42-34(47)27-25-20-12-18(39)8-10-22(20)41-29(25)30-26(28(27)35(42)48)21-13-19(40)9-11-23(21)43(30)36-33(46)32(45)31(44)24(14-38)49-36/h4-13,24,31-33,36,41,44-46H,14-15H2,1-3H3/t24-,31-,32+,33-,36+/m1/s1. The van der Waals surface area contributed by atoms with Crippen molar-refractivity contribution >= 4 is 55.4 Å². The lowest BCUT2D eigenvalue weighted by Crippen LogP contribution is -2.56. The molecule has 252 valence electrons. The van der Waals surface area contributed by atoms with Gasteiger partial charge in [-0.05, 0) is 52.9 Å². The van der Waals surface area contributed by atoms with E-state index in [1.807, 2.05) is 24.3 Å². The van der Waals surface area contributed by atoms with Gasteiger partial charge in [-0.25, -0.2) is 13.2 Å². The van der Waals surface area contributed by atoms with Crippen LogP contribution < -0.4 is 0 Å². The molecule has 0 aliphatic carbocycles. The zero-order valence-electron chi connectivity index (χ0n) is 26.7. The fourth-order valence-electron chi connectivity index (χ4n) is 7.40. The Morgan fingerprint density at radius 1 is 0.816 bits per heavy atom. The third-order valence-electron chi connectivity index (χ3n) is 9.88. The molecule has 0 saturated carbocycles. The lowest BCUT2D eigenvalue weighted by Gasteiger charge is -2.40. The molecular formula is C37H32F3N3O6. The first-order valence-corrected chi connectivity index (χ1v) is 15.9. The van der Waals surface area contributed by atoms with Gasteiger partial charge < -0.3 is 29.6 Å². The summed E-state index contributed by atoms with van der Waals surface area (Å²) in [6.45, 7) is 4.95. The fourth-order valence-corrected chi connectivity index (χ4v) is 7.40. The van der Waals surface area contributed by atoms with E-state index in [1.54, 1.807) is 0 Å². The molecule has 2 aromatic heterocycles. The van der Waals surface area contributed by atoms with Crippen molar-refractivity contribution in [1.82, 2.24) is 14.5 Å². The molecule has 0 unspecified atom stereocenters. The highest BCUT2D eigenvalue weighted by Gasteiger charge is 2.47. The molecule has 1 saturated heterocycles. The zero-order chi connectivity index (χ0) is 34.7. The molecule has 5 atom stereocenters. The number of hydrogen-bond donors (Lipinski definition) is 4. The number of fused-ring (bicyclic) bond motifs is 10. The minimum atomic E-state index is -1.82. The second kappa shape index (κ2) is 10.9. The number of carbonyl (C=O) groups is 2. The summed E-state index contributed by atoms with van der Waals surface area (Å²) in [5.41, 5.74) is 2.67. The number of nitrogens with zero attached hydrogens (tertiary/aromatic N) is 2. The van der Waals surface area contributed by atoms with E-state index in [2.05, 4.69) is 25.8 Å². The van der Waals surface area contributed by atoms with E-state index in [1.165, 1.54) is 34.9 Å². The number of halogens is 3. The Morgan fingerprint density at radius 3 is 2.10 bits per heavy atom. The first-order valence-electron chi connectivity index (χ1n) is 15.9. The number of aromatic amines is 1. The number of amides is 2. The van der Waals surface area contributed by atoms with Gasteiger partial charge in [0.25, 0.3) is 11.8 Å². The molecule has 12 heteroatoms. The van der Waals surface area contributed by atoms with Crippen molar-refractivity contribution in [2.45, 2.75) is 63.4 Å². The lowest BCUT2D eigenvalue weighted by atomic mass is 9.87. The van der Waals surface area contributed by atoms with Crippen LogP contribution >= 0.6 is 0 Å². The first-order chi connectivity index (χ1) is 23.3. The third kappa shape index (κ3) is 4.54. The molecule has 6 aromatic rings. The minimum Gasteiger partial charge on any atom is -0.387 e. The number of nitrogens with one attached hydrogen (secondary N) is 1. The topological polar surface area (TPSA) is 128 Å². The van der Waals surface area contributed by atoms with Crippen molar-refractivity contribution in [2.75, 3.05) is 6.67 Å². The number of rotatable bonds is 4. The second-order valence-electron chi connectivity index (χ2n) is 13.9. The van der Waals surface area contributed by atoms with E-state index in [9.17, 15) is 33.7 Å². The molecule has 4 N–H and O–H groups in total. The summed E-state index contributed by atoms with van der Waals surface area (Å²) >= 11 is 0. The van der Waals surface area contributed by atoms with Crippen LogP contribution in [-0.4, -0.2) is 72.7 Å². The van der Waals surface area contributed by atoms with Gasteiger partial charge in [-0.1, -0.05) is 45.0 Å². The van der Waals surface area contributed by atoms with Crippen LogP contribution in [0.3, 0.4) is 0 Å². The number of aliphatic hydroxyl groups excluding tert-OH is 3. The molecular weight excluding hydrogens is 639 g/mol. The van der Waals surface area contributed by atoms with Crippen molar-refractivity contribution in [3.63, 3.8) is 0 Å². The van der Waals surface area contributed by atoms with Gasteiger partial charge in [0, 0.05) is 27.1 Å². The Bertz CT molecular complexity index is 2360. The van der Waals surface area contributed by atoms with Gasteiger partial charge in [0.1, 0.15) is 42.7 Å². The SMILES string of the molecule is CC(C)(C)c1ccc(CN2C(=O)c3c(c4c5cc(F)ccc5n([C@H]5O[C@H](CF)[C@@H](O)[C@H](O)[C@H]5O)c4c4[nH]c5ccc(F)cc5c34)C2=O)cc1. The van der Waals surface area contributed by atoms with Crippen molar-refractivity contribution in [3.8, 4) is 0 Å². The van der Waals surface area contributed by atoms with Crippen molar-refractivity contribution in [3.05, 3.63) is 94.6 Å². The number of aromatic nitrogens is 2. The van der Waals surface area contributed by atoms with Gasteiger partial charge in [0.15, 0.2) is 6.23 Å². The highest BCUT2D eigenvalue weighted by Crippen LogP contribution is 2.47. The molecule has 8 rings (SSSR count). The Hall–Kier alpha value is -4.75. The van der Waals surface area contributed by atoms with Crippen LogP contribution in [0.25, 0.3) is 43.6 Å². The molecule has 49 heavy (non-hydrogen) atoms. The number of aliphatic hydroxyl groups is 3. The maximum absolute atomic E-state index is 15.0. The summed E-state index contributed by atoms with van der Waals surface area (Å²) in [4.78, 5) is 33.2. The van der Waals surface area contributed by atoms with Crippen LogP contribution in [0.5, 0.6) is 0 Å². The van der Waals surface area contributed by atoms with Crippen molar-refractivity contribution < 1.29 is 42.8 Å². The maximum Gasteiger partial charge on any atom is 0.262 e. The largest absolute Gasteiger partial charge is 0.387 e. The van der Waals surface area contributed by atoms with E-state index in [4.69, 9.17) is 4.74 Å². The second-order valence-corrected chi connectivity index (χ2v) is 13.9. The summed E-state index contributed by atoms with van der Waals surface area (Å²) in [6, 6.07) is 15.3. The molecule has 0 spiro atoms. The molecule has 4 heterocycles. The molecule has 2 aliphatic rings. The predicted molar refractivity (Wildman–Crippen MR) is 176 cm³/mol. The van der Waals surface area contributed by atoms with E-state index >= 15 is 4.39 Å². The van der Waals surface area contributed by atoms with Crippen LogP contribution in [-0.2, 0) is 16.7 Å². The number of benzene rings is 4. The monoisotopic (exact) mass is 671 g/mol. The number of hydrogen-bond acceptors (Lipinski definition) is 6. The van der Waals surface area contributed by atoms with Crippen molar-refractivity contribution in [1.29, 1.82) is 0 Å². The van der Waals surface area contributed by atoms with Gasteiger partial charge >= 0.3 is 0 Å². The minimum absolute atomic E-state index is 0.00109. The molecule has 9 nitrogen and oxygen atoms in total. The predicted octanol–water partition coefficient (Wildman–Crippen LogP) is 5.75. The summed E-state index contributed by atoms with van der Waals surface area (Å²) in [6.07, 6.45) is -8.42. The lowest BCUT2D eigenvalue weighted by molar-refractivity contribution is -0.245. The average Bonchev–Trinajstić information content (AvgIpc) is 3.67. The molecule has 4 aromatic carbocycles. The van der Waals surface area contributed by atoms with Crippen LogP contribution in [0, 0.1) is 11.6 Å². The number of alkyl halides is 1. The summed E-state index contributed by atoms with van der Waals surface area (Å²) < 4.78 is 51.2. The van der Waals surface area contributed by atoms with E-state index in [-0.39, 0.29) is 55.8 Å². The molecule has 2 amide bonds. The van der Waals surface area contributed by atoms with Gasteiger partial charge in [-0.2, -0.15) is 0 Å². The number of ether oxygens (including phenoxy) is 1. The third-order valence-corrected chi connectivity index (χ3v) is 9.88. The number of imide groups is 1. The molecule has 2 aliphatic heterocycles. The van der Waals surface area contributed by atoms with Crippen LogP contribution in [0.4, 0.5) is 13.2 Å².